The molecule has 0 saturated carbocycles. The molecule has 4 heteroatoms. The Balaban J connectivity index is 2.17. The molecule has 0 saturated heterocycles. The van der Waals surface area contributed by atoms with E-state index in [1.807, 2.05) is 37.3 Å². The molecule has 0 aliphatic rings. The SMILES string of the molecule is CCNC(=O)CCNCC(O)c1ccccc1. The van der Waals surface area contributed by atoms with Gasteiger partial charge in [-0.25, -0.2) is 0 Å². The highest BCUT2D eigenvalue weighted by molar-refractivity contribution is 5.75. The van der Waals surface area contributed by atoms with Crippen LogP contribution in [0, 0.1) is 0 Å². The van der Waals surface area contributed by atoms with Crippen LogP contribution in [0.5, 0.6) is 0 Å². The van der Waals surface area contributed by atoms with Gasteiger partial charge in [-0.05, 0) is 12.5 Å². The van der Waals surface area contributed by atoms with E-state index in [1.54, 1.807) is 0 Å². The maximum absolute atomic E-state index is 11.1. The number of carbonyl (C=O) groups excluding carboxylic acids is 1. The zero-order chi connectivity index (χ0) is 12.5. The Morgan fingerprint density at radius 2 is 2.06 bits per heavy atom. The molecule has 0 radical (unpaired) electrons. The number of hydrogen-bond acceptors (Lipinski definition) is 3. The van der Waals surface area contributed by atoms with Crippen molar-refractivity contribution in [2.45, 2.75) is 19.4 Å². The fourth-order valence-electron chi connectivity index (χ4n) is 1.52. The molecule has 0 spiro atoms. The van der Waals surface area contributed by atoms with Gasteiger partial charge in [0.2, 0.25) is 5.91 Å². The molecule has 1 unspecified atom stereocenters. The molecule has 0 heterocycles. The number of amides is 1. The van der Waals surface area contributed by atoms with E-state index in [2.05, 4.69) is 10.6 Å². The number of carbonyl (C=O) groups is 1. The zero-order valence-corrected chi connectivity index (χ0v) is 10.1. The Morgan fingerprint density at radius 3 is 2.71 bits per heavy atom. The quantitative estimate of drug-likeness (QED) is 0.615. The highest BCUT2D eigenvalue weighted by atomic mass is 16.3. The first-order valence-corrected chi connectivity index (χ1v) is 5.94. The summed E-state index contributed by atoms with van der Waals surface area (Å²) in [5.74, 6) is 0.0363. The molecule has 1 aromatic rings. The lowest BCUT2D eigenvalue weighted by Crippen LogP contribution is -2.29. The van der Waals surface area contributed by atoms with E-state index in [0.29, 0.717) is 26.1 Å². The van der Waals surface area contributed by atoms with Crippen LogP contribution < -0.4 is 10.6 Å². The number of nitrogens with one attached hydrogen (secondary N) is 2. The molecule has 4 nitrogen and oxygen atoms in total. The number of aliphatic hydroxyl groups excluding tert-OH is 1. The summed E-state index contributed by atoms with van der Waals surface area (Å²) in [6.45, 7) is 3.59. The van der Waals surface area contributed by atoms with Crippen molar-refractivity contribution in [3.05, 3.63) is 35.9 Å². The van der Waals surface area contributed by atoms with Gasteiger partial charge in [-0.15, -0.1) is 0 Å². The third-order valence-electron chi connectivity index (χ3n) is 2.42. The lowest BCUT2D eigenvalue weighted by molar-refractivity contribution is -0.120. The summed E-state index contributed by atoms with van der Waals surface area (Å²) in [6.07, 6.45) is -0.0829. The molecular formula is C13H20N2O2. The average molecular weight is 236 g/mol. The van der Waals surface area contributed by atoms with Crippen LogP contribution in [0.25, 0.3) is 0 Å². The van der Waals surface area contributed by atoms with Crippen LogP contribution in [0.2, 0.25) is 0 Å². The topological polar surface area (TPSA) is 61.4 Å². The molecule has 17 heavy (non-hydrogen) atoms. The van der Waals surface area contributed by atoms with Gasteiger partial charge in [0.25, 0.3) is 0 Å². The van der Waals surface area contributed by atoms with Gasteiger partial charge in [-0.1, -0.05) is 30.3 Å². The van der Waals surface area contributed by atoms with Gasteiger partial charge < -0.3 is 15.7 Å². The third kappa shape index (κ3) is 5.47. The summed E-state index contributed by atoms with van der Waals surface area (Å²) >= 11 is 0. The smallest absolute Gasteiger partial charge is 0.221 e. The molecule has 1 amide bonds. The van der Waals surface area contributed by atoms with E-state index in [-0.39, 0.29) is 5.91 Å². The number of benzene rings is 1. The highest BCUT2D eigenvalue weighted by Gasteiger charge is 2.06. The fraction of sp³-hybridized carbons (Fsp3) is 0.462. The minimum atomic E-state index is -0.523. The van der Waals surface area contributed by atoms with Gasteiger partial charge in [-0.2, -0.15) is 0 Å². The van der Waals surface area contributed by atoms with Crippen molar-refractivity contribution in [1.82, 2.24) is 10.6 Å². The van der Waals surface area contributed by atoms with Crippen molar-refractivity contribution in [3.8, 4) is 0 Å². The summed E-state index contributed by atoms with van der Waals surface area (Å²) in [6, 6.07) is 9.48. The van der Waals surface area contributed by atoms with E-state index in [0.717, 1.165) is 5.56 Å². The van der Waals surface area contributed by atoms with Crippen LogP contribution in [0.15, 0.2) is 30.3 Å². The summed E-state index contributed by atoms with van der Waals surface area (Å²) in [5, 5.41) is 15.6. The second-order valence-electron chi connectivity index (χ2n) is 3.83. The summed E-state index contributed by atoms with van der Waals surface area (Å²) in [4.78, 5) is 11.1. The standard InChI is InChI=1S/C13H20N2O2/c1-2-15-13(17)8-9-14-10-12(16)11-6-4-3-5-7-11/h3-7,12,14,16H,2,8-10H2,1H3,(H,15,17). The third-order valence-corrected chi connectivity index (χ3v) is 2.42. The first-order chi connectivity index (χ1) is 8.24. The van der Waals surface area contributed by atoms with Crippen molar-refractivity contribution in [1.29, 1.82) is 0 Å². The zero-order valence-electron chi connectivity index (χ0n) is 10.1. The van der Waals surface area contributed by atoms with E-state index < -0.39 is 6.10 Å². The van der Waals surface area contributed by atoms with Crippen LogP contribution in [0.4, 0.5) is 0 Å². The monoisotopic (exact) mass is 236 g/mol. The number of aliphatic hydroxyl groups is 1. The van der Waals surface area contributed by atoms with Gasteiger partial charge in [-0.3, -0.25) is 4.79 Å². The van der Waals surface area contributed by atoms with Gasteiger partial charge in [0.05, 0.1) is 6.10 Å². The molecule has 0 aliphatic heterocycles. The normalized spacial score (nSPS) is 12.1. The number of hydrogen-bond donors (Lipinski definition) is 3. The van der Waals surface area contributed by atoms with Crippen molar-refractivity contribution in [2.75, 3.05) is 19.6 Å². The van der Waals surface area contributed by atoms with Crippen molar-refractivity contribution in [3.63, 3.8) is 0 Å². The summed E-state index contributed by atoms with van der Waals surface area (Å²) < 4.78 is 0. The van der Waals surface area contributed by atoms with E-state index in [9.17, 15) is 9.90 Å². The maximum atomic E-state index is 11.1. The van der Waals surface area contributed by atoms with Crippen molar-refractivity contribution in [2.24, 2.45) is 0 Å². The van der Waals surface area contributed by atoms with Crippen LogP contribution in [0.1, 0.15) is 25.0 Å². The largest absolute Gasteiger partial charge is 0.387 e. The van der Waals surface area contributed by atoms with Gasteiger partial charge in [0, 0.05) is 26.1 Å². The van der Waals surface area contributed by atoms with Crippen LogP contribution >= 0.6 is 0 Å². The highest BCUT2D eigenvalue weighted by Crippen LogP contribution is 2.10. The Kier molecular flexibility index (Phi) is 6.29. The molecule has 0 aromatic heterocycles. The molecular weight excluding hydrogens is 216 g/mol. The molecule has 3 N–H and O–H groups in total. The Hall–Kier alpha value is -1.39. The minimum absolute atomic E-state index is 0.0363. The van der Waals surface area contributed by atoms with Crippen molar-refractivity contribution >= 4 is 5.91 Å². The lowest BCUT2D eigenvalue weighted by atomic mass is 10.1. The fourth-order valence-corrected chi connectivity index (χ4v) is 1.52. The Labute approximate surface area is 102 Å². The lowest BCUT2D eigenvalue weighted by Gasteiger charge is -2.11. The van der Waals surface area contributed by atoms with Crippen LogP contribution in [0.3, 0.4) is 0 Å². The van der Waals surface area contributed by atoms with Gasteiger partial charge >= 0.3 is 0 Å². The molecule has 1 rings (SSSR count). The first-order valence-electron chi connectivity index (χ1n) is 5.94. The van der Waals surface area contributed by atoms with E-state index in [4.69, 9.17) is 0 Å². The first kappa shape index (κ1) is 13.7. The molecule has 1 aromatic carbocycles. The molecule has 0 fully saturated rings. The van der Waals surface area contributed by atoms with E-state index >= 15 is 0 Å². The van der Waals surface area contributed by atoms with Crippen LogP contribution in [-0.2, 0) is 4.79 Å². The predicted molar refractivity (Wildman–Crippen MR) is 67.6 cm³/mol. The van der Waals surface area contributed by atoms with Gasteiger partial charge in [0.1, 0.15) is 0 Å². The second kappa shape index (κ2) is 7.81. The van der Waals surface area contributed by atoms with Gasteiger partial charge in [0.15, 0.2) is 0 Å². The number of rotatable bonds is 7. The maximum Gasteiger partial charge on any atom is 0.221 e. The van der Waals surface area contributed by atoms with Crippen molar-refractivity contribution < 1.29 is 9.90 Å². The summed E-state index contributed by atoms with van der Waals surface area (Å²) in [5.41, 5.74) is 0.887. The van der Waals surface area contributed by atoms with E-state index in [1.165, 1.54) is 0 Å². The minimum Gasteiger partial charge on any atom is -0.387 e. The Morgan fingerprint density at radius 1 is 1.35 bits per heavy atom. The van der Waals surface area contributed by atoms with Crippen LogP contribution in [-0.4, -0.2) is 30.6 Å². The second-order valence-corrected chi connectivity index (χ2v) is 3.83. The molecule has 94 valence electrons. The Bertz CT molecular complexity index is 327. The average Bonchev–Trinajstić information content (AvgIpc) is 2.36. The molecule has 1 atom stereocenters. The predicted octanol–water partition coefficient (Wildman–Crippen LogP) is 0.836. The molecule has 0 bridgehead atoms. The summed E-state index contributed by atoms with van der Waals surface area (Å²) in [7, 11) is 0. The molecule has 0 aliphatic carbocycles.